The van der Waals surface area contributed by atoms with Crippen LogP contribution >= 0.6 is 0 Å². The molecule has 92 valence electrons. The third kappa shape index (κ3) is 2.05. The Hall–Kier alpha value is -1.06. The summed E-state index contributed by atoms with van der Waals surface area (Å²) in [5.41, 5.74) is 2.76. The summed E-state index contributed by atoms with van der Waals surface area (Å²) < 4.78 is 5.46. The molecule has 1 aromatic carbocycles. The molecular formula is C14H20N2O. The van der Waals surface area contributed by atoms with E-state index in [-0.39, 0.29) is 0 Å². The summed E-state index contributed by atoms with van der Waals surface area (Å²) >= 11 is 0. The van der Waals surface area contributed by atoms with E-state index in [9.17, 15) is 0 Å². The lowest BCUT2D eigenvalue weighted by atomic mass is 9.88. The van der Waals surface area contributed by atoms with Gasteiger partial charge in [-0.25, -0.2) is 0 Å². The zero-order chi connectivity index (χ0) is 11.7. The molecule has 2 atom stereocenters. The van der Waals surface area contributed by atoms with Crippen LogP contribution in [0.1, 0.15) is 18.5 Å². The SMILES string of the molecule is CC1CNc2ccccc2C1N1CCOCC1. The molecule has 0 aliphatic carbocycles. The number of nitrogens with zero attached hydrogens (tertiary/aromatic N) is 1. The van der Waals surface area contributed by atoms with Crippen LogP contribution in [0.3, 0.4) is 0 Å². The largest absolute Gasteiger partial charge is 0.384 e. The van der Waals surface area contributed by atoms with Gasteiger partial charge in [0.15, 0.2) is 0 Å². The molecule has 2 heterocycles. The Labute approximate surface area is 103 Å². The van der Waals surface area contributed by atoms with Gasteiger partial charge in [0.1, 0.15) is 0 Å². The van der Waals surface area contributed by atoms with Gasteiger partial charge < -0.3 is 10.1 Å². The van der Waals surface area contributed by atoms with Crippen LogP contribution in [0.15, 0.2) is 24.3 Å². The molecule has 17 heavy (non-hydrogen) atoms. The minimum atomic E-state index is 0.552. The van der Waals surface area contributed by atoms with E-state index in [0.29, 0.717) is 12.0 Å². The molecule has 0 bridgehead atoms. The molecule has 0 saturated carbocycles. The topological polar surface area (TPSA) is 24.5 Å². The van der Waals surface area contributed by atoms with Gasteiger partial charge in [-0.05, 0) is 17.5 Å². The van der Waals surface area contributed by atoms with Crippen LogP contribution in [0.4, 0.5) is 5.69 Å². The Morgan fingerprint density at radius 1 is 1.24 bits per heavy atom. The number of hydrogen-bond donors (Lipinski definition) is 1. The summed E-state index contributed by atoms with van der Waals surface area (Å²) in [4.78, 5) is 2.58. The second kappa shape index (κ2) is 4.67. The first kappa shape index (κ1) is 11.1. The van der Waals surface area contributed by atoms with Crippen molar-refractivity contribution in [3.8, 4) is 0 Å². The quantitative estimate of drug-likeness (QED) is 0.802. The number of rotatable bonds is 1. The molecule has 2 unspecified atom stereocenters. The van der Waals surface area contributed by atoms with E-state index in [4.69, 9.17) is 4.74 Å². The summed E-state index contributed by atoms with van der Waals surface area (Å²) in [6, 6.07) is 9.26. The van der Waals surface area contributed by atoms with Crippen LogP contribution in [-0.2, 0) is 4.74 Å². The number of anilines is 1. The number of para-hydroxylation sites is 1. The van der Waals surface area contributed by atoms with Gasteiger partial charge in [0.25, 0.3) is 0 Å². The monoisotopic (exact) mass is 232 g/mol. The summed E-state index contributed by atoms with van der Waals surface area (Å²) in [5.74, 6) is 0.656. The van der Waals surface area contributed by atoms with Gasteiger partial charge in [0.05, 0.1) is 13.2 Å². The molecule has 1 fully saturated rings. The third-order valence-corrected chi connectivity index (χ3v) is 3.87. The zero-order valence-electron chi connectivity index (χ0n) is 10.4. The normalized spacial score (nSPS) is 29.5. The molecule has 1 N–H and O–H groups in total. The average molecular weight is 232 g/mol. The molecule has 0 amide bonds. The summed E-state index contributed by atoms with van der Waals surface area (Å²) in [5, 5.41) is 3.52. The van der Waals surface area contributed by atoms with Crippen LogP contribution in [0.2, 0.25) is 0 Å². The Morgan fingerprint density at radius 3 is 2.82 bits per heavy atom. The van der Waals surface area contributed by atoms with Crippen molar-refractivity contribution in [2.24, 2.45) is 5.92 Å². The van der Waals surface area contributed by atoms with E-state index >= 15 is 0 Å². The van der Waals surface area contributed by atoms with Crippen LogP contribution in [0, 0.1) is 5.92 Å². The molecule has 2 aliphatic rings. The van der Waals surface area contributed by atoms with E-state index in [0.717, 1.165) is 32.8 Å². The Kier molecular flexibility index (Phi) is 3.04. The minimum Gasteiger partial charge on any atom is -0.384 e. The molecule has 2 aliphatic heterocycles. The van der Waals surface area contributed by atoms with E-state index < -0.39 is 0 Å². The molecule has 0 aromatic heterocycles. The van der Waals surface area contributed by atoms with Gasteiger partial charge in [0, 0.05) is 31.4 Å². The predicted octanol–water partition coefficient (Wildman–Crippen LogP) is 2.12. The number of hydrogen-bond acceptors (Lipinski definition) is 3. The van der Waals surface area contributed by atoms with Crippen LogP contribution in [0.5, 0.6) is 0 Å². The average Bonchev–Trinajstić information content (AvgIpc) is 2.39. The molecule has 3 rings (SSSR count). The van der Waals surface area contributed by atoms with Crippen LogP contribution in [-0.4, -0.2) is 37.7 Å². The molecule has 1 aromatic rings. The van der Waals surface area contributed by atoms with E-state index in [1.54, 1.807) is 0 Å². The minimum absolute atomic E-state index is 0.552. The lowest BCUT2D eigenvalue weighted by Crippen LogP contribution is -2.44. The summed E-state index contributed by atoms with van der Waals surface area (Å²) in [6.07, 6.45) is 0. The molecular weight excluding hydrogens is 212 g/mol. The van der Waals surface area contributed by atoms with Gasteiger partial charge in [-0.15, -0.1) is 0 Å². The Balaban J connectivity index is 1.91. The lowest BCUT2D eigenvalue weighted by Gasteiger charge is -2.41. The second-order valence-corrected chi connectivity index (χ2v) is 5.04. The summed E-state index contributed by atoms with van der Waals surface area (Å²) in [6.45, 7) is 7.27. The predicted molar refractivity (Wildman–Crippen MR) is 69.2 cm³/mol. The highest BCUT2D eigenvalue weighted by Crippen LogP contribution is 2.37. The van der Waals surface area contributed by atoms with Crippen molar-refractivity contribution in [1.82, 2.24) is 4.90 Å². The Bertz CT molecular complexity index is 388. The van der Waals surface area contributed by atoms with Gasteiger partial charge in [-0.3, -0.25) is 4.90 Å². The fourth-order valence-corrected chi connectivity index (χ4v) is 3.02. The zero-order valence-corrected chi connectivity index (χ0v) is 10.4. The van der Waals surface area contributed by atoms with Crippen LogP contribution in [0.25, 0.3) is 0 Å². The standard InChI is InChI=1S/C14H20N2O/c1-11-10-15-13-5-3-2-4-12(13)14(11)16-6-8-17-9-7-16/h2-5,11,14-15H,6-10H2,1H3. The van der Waals surface area contributed by atoms with Crippen molar-refractivity contribution in [2.75, 3.05) is 38.2 Å². The Morgan fingerprint density at radius 2 is 2.00 bits per heavy atom. The number of morpholine rings is 1. The van der Waals surface area contributed by atoms with E-state index in [2.05, 4.69) is 41.4 Å². The lowest BCUT2D eigenvalue weighted by molar-refractivity contribution is 0.00420. The van der Waals surface area contributed by atoms with Gasteiger partial charge >= 0.3 is 0 Å². The maximum Gasteiger partial charge on any atom is 0.0594 e. The van der Waals surface area contributed by atoms with Gasteiger partial charge in [-0.2, -0.15) is 0 Å². The molecule has 3 heteroatoms. The molecule has 3 nitrogen and oxygen atoms in total. The van der Waals surface area contributed by atoms with Crippen molar-refractivity contribution >= 4 is 5.69 Å². The first-order valence-electron chi connectivity index (χ1n) is 6.51. The number of benzene rings is 1. The van der Waals surface area contributed by atoms with E-state index in [1.165, 1.54) is 11.3 Å². The van der Waals surface area contributed by atoms with Crippen LogP contribution < -0.4 is 5.32 Å². The number of fused-ring (bicyclic) bond motifs is 1. The highest BCUT2D eigenvalue weighted by Gasteiger charge is 2.31. The molecule has 0 radical (unpaired) electrons. The van der Waals surface area contributed by atoms with Crippen molar-refractivity contribution in [3.63, 3.8) is 0 Å². The van der Waals surface area contributed by atoms with Crippen molar-refractivity contribution in [1.29, 1.82) is 0 Å². The summed E-state index contributed by atoms with van der Waals surface area (Å²) in [7, 11) is 0. The highest BCUT2D eigenvalue weighted by atomic mass is 16.5. The van der Waals surface area contributed by atoms with Gasteiger partial charge in [-0.1, -0.05) is 25.1 Å². The first-order chi connectivity index (χ1) is 8.36. The fourth-order valence-electron chi connectivity index (χ4n) is 3.02. The smallest absolute Gasteiger partial charge is 0.0594 e. The number of nitrogens with one attached hydrogen (secondary N) is 1. The van der Waals surface area contributed by atoms with Gasteiger partial charge in [0.2, 0.25) is 0 Å². The molecule has 1 saturated heterocycles. The maximum atomic E-state index is 5.46. The van der Waals surface area contributed by atoms with E-state index in [1.807, 2.05) is 0 Å². The highest BCUT2D eigenvalue weighted by molar-refractivity contribution is 5.54. The van der Waals surface area contributed by atoms with Crippen molar-refractivity contribution < 1.29 is 4.74 Å². The third-order valence-electron chi connectivity index (χ3n) is 3.87. The first-order valence-corrected chi connectivity index (χ1v) is 6.51. The van der Waals surface area contributed by atoms with Crippen molar-refractivity contribution in [3.05, 3.63) is 29.8 Å². The second-order valence-electron chi connectivity index (χ2n) is 5.04. The maximum absolute atomic E-state index is 5.46. The molecule has 0 spiro atoms. The fraction of sp³-hybridized carbons (Fsp3) is 0.571. The van der Waals surface area contributed by atoms with Crippen molar-refractivity contribution in [2.45, 2.75) is 13.0 Å². The number of ether oxygens (including phenoxy) is 1.